The van der Waals surface area contributed by atoms with Gasteiger partial charge in [0.15, 0.2) is 0 Å². The lowest BCUT2D eigenvalue weighted by Gasteiger charge is -2.18. The SMILES string of the molecule is CCCCCCCCC=CCCCCCCCC(=O)OC(CCCCCC)CCCCCCCCC. The Bertz CT molecular complexity index is 456. The van der Waals surface area contributed by atoms with Gasteiger partial charge in [-0.3, -0.25) is 4.79 Å². The Hall–Kier alpha value is -0.790. The summed E-state index contributed by atoms with van der Waals surface area (Å²) in [5.41, 5.74) is 0. The van der Waals surface area contributed by atoms with Crippen LogP contribution in [-0.2, 0) is 9.53 Å². The van der Waals surface area contributed by atoms with Crippen LogP contribution in [0.4, 0.5) is 0 Å². The van der Waals surface area contributed by atoms with Crippen molar-refractivity contribution in [2.24, 2.45) is 0 Å². The lowest BCUT2D eigenvalue weighted by Crippen LogP contribution is -2.18. The molecule has 2 heteroatoms. The van der Waals surface area contributed by atoms with Crippen molar-refractivity contribution in [3.63, 3.8) is 0 Å². The molecule has 0 aromatic carbocycles. The zero-order valence-electron chi connectivity index (χ0n) is 25.1. The first-order valence-electron chi connectivity index (χ1n) is 16.6. The average molecular weight is 507 g/mol. The van der Waals surface area contributed by atoms with Crippen molar-refractivity contribution in [3.05, 3.63) is 12.2 Å². The molecule has 1 atom stereocenters. The minimum atomic E-state index is 0.0519. The molecular formula is C34H66O2. The highest BCUT2D eigenvalue weighted by Crippen LogP contribution is 2.18. The second-order valence-electron chi connectivity index (χ2n) is 11.2. The Morgan fingerprint density at radius 1 is 0.500 bits per heavy atom. The van der Waals surface area contributed by atoms with Gasteiger partial charge in [0.2, 0.25) is 0 Å². The van der Waals surface area contributed by atoms with E-state index in [1.54, 1.807) is 0 Å². The van der Waals surface area contributed by atoms with Crippen molar-refractivity contribution in [2.45, 2.75) is 200 Å². The van der Waals surface area contributed by atoms with Crippen molar-refractivity contribution in [2.75, 3.05) is 0 Å². The van der Waals surface area contributed by atoms with Gasteiger partial charge in [-0.1, -0.05) is 142 Å². The monoisotopic (exact) mass is 507 g/mol. The zero-order chi connectivity index (χ0) is 26.4. The average Bonchev–Trinajstić information content (AvgIpc) is 2.88. The molecule has 0 amide bonds. The molecule has 36 heavy (non-hydrogen) atoms. The van der Waals surface area contributed by atoms with E-state index in [0.29, 0.717) is 6.42 Å². The maximum Gasteiger partial charge on any atom is 0.306 e. The fourth-order valence-corrected chi connectivity index (χ4v) is 4.97. The van der Waals surface area contributed by atoms with Gasteiger partial charge in [0, 0.05) is 6.42 Å². The van der Waals surface area contributed by atoms with Gasteiger partial charge in [-0.15, -0.1) is 0 Å². The first-order chi connectivity index (χ1) is 17.7. The van der Waals surface area contributed by atoms with E-state index in [9.17, 15) is 4.79 Å². The van der Waals surface area contributed by atoms with Gasteiger partial charge in [0.25, 0.3) is 0 Å². The smallest absolute Gasteiger partial charge is 0.306 e. The van der Waals surface area contributed by atoms with E-state index in [4.69, 9.17) is 4.74 Å². The molecule has 0 spiro atoms. The Morgan fingerprint density at radius 3 is 1.33 bits per heavy atom. The Labute approximate surface area is 227 Å². The van der Waals surface area contributed by atoms with Gasteiger partial charge in [-0.05, 0) is 57.8 Å². The molecule has 1 unspecified atom stereocenters. The third kappa shape index (κ3) is 27.8. The third-order valence-corrected chi connectivity index (χ3v) is 7.45. The van der Waals surface area contributed by atoms with Gasteiger partial charge < -0.3 is 4.74 Å². The van der Waals surface area contributed by atoms with E-state index in [2.05, 4.69) is 32.9 Å². The minimum absolute atomic E-state index is 0.0519. The van der Waals surface area contributed by atoms with Crippen LogP contribution in [-0.4, -0.2) is 12.1 Å². The number of esters is 1. The van der Waals surface area contributed by atoms with Crippen LogP contribution in [0.15, 0.2) is 12.2 Å². The first-order valence-corrected chi connectivity index (χ1v) is 16.6. The van der Waals surface area contributed by atoms with Crippen LogP contribution in [0.2, 0.25) is 0 Å². The van der Waals surface area contributed by atoms with E-state index < -0.39 is 0 Å². The number of hydrogen-bond donors (Lipinski definition) is 0. The number of carbonyl (C=O) groups is 1. The number of unbranched alkanes of at least 4 members (excludes halogenated alkanes) is 20. The fraction of sp³-hybridized carbons (Fsp3) is 0.912. The summed E-state index contributed by atoms with van der Waals surface area (Å²) < 4.78 is 5.95. The first kappa shape index (κ1) is 35.2. The topological polar surface area (TPSA) is 26.3 Å². The molecule has 0 radical (unpaired) electrons. The highest BCUT2D eigenvalue weighted by Gasteiger charge is 2.14. The van der Waals surface area contributed by atoms with E-state index >= 15 is 0 Å². The van der Waals surface area contributed by atoms with E-state index in [-0.39, 0.29) is 12.1 Å². The maximum absolute atomic E-state index is 12.5. The summed E-state index contributed by atoms with van der Waals surface area (Å²) in [5.74, 6) is 0.0519. The van der Waals surface area contributed by atoms with Gasteiger partial charge in [0.05, 0.1) is 0 Å². The summed E-state index contributed by atoms with van der Waals surface area (Å²) in [4.78, 5) is 12.5. The Balaban J connectivity index is 3.78. The van der Waals surface area contributed by atoms with Gasteiger partial charge in [-0.25, -0.2) is 0 Å². The van der Waals surface area contributed by atoms with Crippen molar-refractivity contribution in [1.82, 2.24) is 0 Å². The molecule has 0 rings (SSSR count). The Morgan fingerprint density at radius 2 is 0.861 bits per heavy atom. The predicted octanol–water partition coefficient (Wildman–Crippen LogP) is 12.0. The largest absolute Gasteiger partial charge is 0.462 e. The van der Waals surface area contributed by atoms with Gasteiger partial charge in [-0.2, -0.15) is 0 Å². The van der Waals surface area contributed by atoms with Crippen LogP contribution >= 0.6 is 0 Å². The second-order valence-corrected chi connectivity index (χ2v) is 11.2. The maximum atomic E-state index is 12.5. The lowest BCUT2D eigenvalue weighted by molar-refractivity contribution is -0.150. The molecule has 0 aromatic heterocycles. The summed E-state index contributed by atoms with van der Waals surface area (Å²) in [5, 5.41) is 0. The third-order valence-electron chi connectivity index (χ3n) is 7.45. The van der Waals surface area contributed by atoms with Crippen molar-refractivity contribution < 1.29 is 9.53 Å². The lowest BCUT2D eigenvalue weighted by atomic mass is 10.0. The quantitative estimate of drug-likeness (QED) is 0.0572. The molecule has 0 aromatic rings. The van der Waals surface area contributed by atoms with Crippen LogP contribution in [0.25, 0.3) is 0 Å². The molecule has 0 N–H and O–H groups in total. The van der Waals surface area contributed by atoms with Gasteiger partial charge >= 0.3 is 5.97 Å². The van der Waals surface area contributed by atoms with Crippen LogP contribution in [0, 0.1) is 0 Å². The number of rotatable bonds is 29. The number of carbonyl (C=O) groups excluding carboxylic acids is 1. The molecule has 214 valence electrons. The van der Waals surface area contributed by atoms with Crippen LogP contribution in [0.1, 0.15) is 194 Å². The molecule has 0 aliphatic rings. The number of hydrogen-bond acceptors (Lipinski definition) is 2. The normalized spacial score (nSPS) is 12.4. The second kappa shape index (κ2) is 30.4. The number of ether oxygens (including phenoxy) is 1. The van der Waals surface area contributed by atoms with E-state index in [0.717, 1.165) is 25.7 Å². The molecule has 0 heterocycles. The van der Waals surface area contributed by atoms with Crippen molar-refractivity contribution in [3.8, 4) is 0 Å². The van der Waals surface area contributed by atoms with Crippen LogP contribution in [0.3, 0.4) is 0 Å². The molecule has 0 saturated heterocycles. The summed E-state index contributed by atoms with van der Waals surface area (Å²) in [6.07, 6.45) is 38.7. The molecule has 0 aliphatic carbocycles. The fourth-order valence-electron chi connectivity index (χ4n) is 4.97. The predicted molar refractivity (Wildman–Crippen MR) is 161 cm³/mol. The summed E-state index contributed by atoms with van der Waals surface area (Å²) >= 11 is 0. The molecular weight excluding hydrogens is 440 g/mol. The number of allylic oxidation sites excluding steroid dienone is 2. The highest BCUT2D eigenvalue weighted by atomic mass is 16.5. The Kier molecular flexibility index (Phi) is 29.8. The molecule has 0 fully saturated rings. The molecule has 0 bridgehead atoms. The molecule has 2 nitrogen and oxygen atoms in total. The van der Waals surface area contributed by atoms with E-state index in [1.165, 1.54) is 141 Å². The van der Waals surface area contributed by atoms with E-state index in [1.807, 2.05) is 0 Å². The highest BCUT2D eigenvalue weighted by molar-refractivity contribution is 5.69. The standard InChI is InChI=1S/C34H66O2/c1-4-7-10-13-15-16-17-18-19-20-21-22-24-26-29-32-34(35)36-33(30-27-12-9-6-3)31-28-25-23-14-11-8-5-2/h18-19,33H,4-17,20-32H2,1-3H3. The molecule has 0 aliphatic heterocycles. The molecule has 0 saturated carbocycles. The summed E-state index contributed by atoms with van der Waals surface area (Å²) in [6.45, 7) is 6.81. The van der Waals surface area contributed by atoms with Crippen molar-refractivity contribution >= 4 is 5.97 Å². The summed E-state index contributed by atoms with van der Waals surface area (Å²) in [6, 6.07) is 0. The van der Waals surface area contributed by atoms with Crippen molar-refractivity contribution in [1.29, 1.82) is 0 Å². The van der Waals surface area contributed by atoms with Gasteiger partial charge in [0.1, 0.15) is 6.10 Å². The minimum Gasteiger partial charge on any atom is -0.462 e. The summed E-state index contributed by atoms with van der Waals surface area (Å²) in [7, 11) is 0. The van der Waals surface area contributed by atoms with Crippen LogP contribution in [0.5, 0.6) is 0 Å². The van der Waals surface area contributed by atoms with Crippen LogP contribution < -0.4 is 0 Å². The zero-order valence-corrected chi connectivity index (χ0v) is 25.1.